The number of phenols is 5. The van der Waals surface area contributed by atoms with Gasteiger partial charge in [-0.15, -0.1) is 0 Å². The summed E-state index contributed by atoms with van der Waals surface area (Å²) in [5.74, 6) is -2.40. The van der Waals surface area contributed by atoms with Crippen LogP contribution in [-0.2, 0) is 6.42 Å². The highest BCUT2D eigenvalue weighted by atomic mass is 16.3. The number of aryl methyl sites for hydroxylation is 1. The number of Topliss-reactive ketones (excluding diaryl/α,β-unsaturated/α-hetero) is 1. The van der Waals surface area contributed by atoms with Gasteiger partial charge in [-0.05, 0) is 32.4 Å². The van der Waals surface area contributed by atoms with Gasteiger partial charge < -0.3 is 25.5 Å². The molecule has 6 nitrogen and oxygen atoms in total. The van der Waals surface area contributed by atoms with Gasteiger partial charge in [-0.3, -0.25) is 4.79 Å². The van der Waals surface area contributed by atoms with Crippen molar-refractivity contribution in [3.8, 4) is 28.7 Å². The Morgan fingerprint density at radius 3 is 2.04 bits per heavy atom. The van der Waals surface area contributed by atoms with Crippen LogP contribution in [0.15, 0.2) is 12.1 Å². The van der Waals surface area contributed by atoms with E-state index >= 15 is 0 Å². The fourth-order valence-corrected chi connectivity index (χ4v) is 2.50. The van der Waals surface area contributed by atoms with Crippen molar-refractivity contribution in [1.29, 1.82) is 0 Å². The van der Waals surface area contributed by atoms with Crippen molar-refractivity contribution >= 4 is 5.78 Å². The topological polar surface area (TPSA) is 118 Å². The summed E-state index contributed by atoms with van der Waals surface area (Å²) in [5.41, 5.74) is 0.299. The number of ketones is 1. The second-order valence-electron chi connectivity index (χ2n) is 5.49. The first-order chi connectivity index (χ1) is 10.7. The summed E-state index contributed by atoms with van der Waals surface area (Å²) >= 11 is 0. The van der Waals surface area contributed by atoms with Gasteiger partial charge in [0.15, 0.2) is 5.78 Å². The quantitative estimate of drug-likeness (QED) is 0.555. The third kappa shape index (κ3) is 2.63. The lowest BCUT2D eigenvalue weighted by atomic mass is 9.93. The molecule has 122 valence electrons. The van der Waals surface area contributed by atoms with Gasteiger partial charge in [0.25, 0.3) is 0 Å². The molecule has 0 spiro atoms. The first-order valence-corrected chi connectivity index (χ1v) is 6.94. The van der Waals surface area contributed by atoms with Gasteiger partial charge in [0.05, 0.1) is 0 Å². The average molecular weight is 318 g/mol. The first-order valence-electron chi connectivity index (χ1n) is 6.94. The van der Waals surface area contributed by atoms with E-state index in [0.29, 0.717) is 5.56 Å². The third-order valence-electron chi connectivity index (χ3n) is 3.92. The van der Waals surface area contributed by atoms with Crippen molar-refractivity contribution in [3.63, 3.8) is 0 Å². The number of rotatable bonds is 3. The van der Waals surface area contributed by atoms with E-state index in [-0.39, 0.29) is 40.2 Å². The number of hydrogen-bond acceptors (Lipinski definition) is 6. The van der Waals surface area contributed by atoms with Crippen LogP contribution in [-0.4, -0.2) is 31.3 Å². The van der Waals surface area contributed by atoms with Gasteiger partial charge in [-0.25, -0.2) is 0 Å². The molecule has 0 bridgehead atoms. The number of aromatic hydroxyl groups is 5. The summed E-state index contributed by atoms with van der Waals surface area (Å²) in [5, 5.41) is 50.4. The molecular formula is C17H18O6. The number of phenolic OH excluding ortho intramolecular Hbond substituents is 5. The smallest absolute Gasteiger partial charge is 0.167 e. The minimum atomic E-state index is -0.571. The van der Waals surface area contributed by atoms with E-state index in [2.05, 4.69) is 0 Å². The summed E-state index contributed by atoms with van der Waals surface area (Å²) < 4.78 is 0. The lowest BCUT2D eigenvalue weighted by Gasteiger charge is -2.16. The Morgan fingerprint density at radius 2 is 1.48 bits per heavy atom. The lowest BCUT2D eigenvalue weighted by Crippen LogP contribution is -2.01. The molecule has 0 unspecified atom stereocenters. The van der Waals surface area contributed by atoms with Crippen molar-refractivity contribution < 1.29 is 30.3 Å². The van der Waals surface area contributed by atoms with Crippen molar-refractivity contribution in [2.45, 2.75) is 27.2 Å². The van der Waals surface area contributed by atoms with Crippen LogP contribution in [0, 0.1) is 13.8 Å². The SMILES string of the molecule is CC(=O)c1c(O)c(C)c(O)c(Cc2c(O)ccc(C)c2O)c1O. The minimum absolute atomic E-state index is 0.0367. The predicted molar refractivity (Wildman–Crippen MR) is 83.5 cm³/mol. The Kier molecular flexibility index (Phi) is 4.10. The van der Waals surface area contributed by atoms with E-state index in [1.165, 1.54) is 26.0 Å². The maximum absolute atomic E-state index is 11.6. The highest BCUT2D eigenvalue weighted by molar-refractivity contribution is 6.01. The van der Waals surface area contributed by atoms with E-state index in [4.69, 9.17) is 0 Å². The molecule has 2 rings (SSSR count). The van der Waals surface area contributed by atoms with Crippen LogP contribution in [0.2, 0.25) is 0 Å². The first kappa shape index (κ1) is 16.5. The van der Waals surface area contributed by atoms with Crippen LogP contribution in [0.3, 0.4) is 0 Å². The number of benzene rings is 2. The van der Waals surface area contributed by atoms with E-state index in [0.717, 1.165) is 0 Å². The molecule has 0 radical (unpaired) electrons. The van der Waals surface area contributed by atoms with E-state index < -0.39 is 23.0 Å². The largest absolute Gasteiger partial charge is 0.508 e. The maximum Gasteiger partial charge on any atom is 0.167 e. The highest BCUT2D eigenvalue weighted by Gasteiger charge is 2.25. The molecule has 0 aliphatic rings. The molecule has 0 saturated carbocycles. The second kappa shape index (κ2) is 5.72. The predicted octanol–water partition coefficient (Wildman–Crippen LogP) is 2.62. The molecule has 5 N–H and O–H groups in total. The molecule has 0 amide bonds. The van der Waals surface area contributed by atoms with Crippen LogP contribution < -0.4 is 0 Å². The second-order valence-corrected chi connectivity index (χ2v) is 5.49. The van der Waals surface area contributed by atoms with Gasteiger partial charge in [0.1, 0.15) is 34.3 Å². The number of carbonyl (C=O) groups is 1. The fraction of sp³-hybridized carbons (Fsp3) is 0.235. The molecule has 23 heavy (non-hydrogen) atoms. The van der Waals surface area contributed by atoms with Crippen molar-refractivity contribution in [2.75, 3.05) is 0 Å². The zero-order chi connectivity index (χ0) is 17.5. The Balaban J connectivity index is 2.71. The summed E-state index contributed by atoms with van der Waals surface area (Å²) in [7, 11) is 0. The minimum Gasteiger partial charge on any atom is -0.508 e. The van der Waals surface area contributed by atoms with Gasteiger partial charge in [0.2, 0.25) is 0 Å². The Morgan fingerprint density at radius 1 is 0.870 bits per heavy atom. The summed E-state index contributed by atoms with van der Waals surface area (Å²) in [4.78, 5) is 11.6. The summed E-state index contributed by atoms with van der Waals surface area (Å²) in [6.45, 7) is 4.22. The normalized spacial score (nSPS) is 10.7. The van der Waals surface area contributed by atoms with E-state index in [1.54, 1.807) is 6.92 Å². The third-order valence-corrected chi connectivity index (χ3v) is 3.92. The molecule has 0 atom stereocenters. The Labute approximate surface area is 132 Å². The average Bonchev–Trinajstić information content (AvgIpc) is 2.48. The molecule has 0 aliphatic heterocycles. The van der Waals surface area contributed by atoms with E-state index in [9.17, 15) is 30.3 Å². The van der Waals surface area contributed by atoms with Gasteiger partial charge in [-0.1, -0.05) is 6.07 Å². The molecular weight excluding hydrogens is 300 g/mol. The molecule has 2 aromatic carbocycles. The Hall–Kier alpha value is -2.89. The molecule has 0 aromatic heterocycles. The van der Waals surface area contributed by atoms with Crippen molar-refractivity contribution in [1.82, 2.24) is 0 Å². The number of carbonyl (C=O) groups excluding carboxylic acids is 1. The van der Waals surface area contributed by atoms with Crippen LogP contribution in [0.4, 0.5) is 0 Å². The lowest BCUT2D eigenvalue weighted by molar-refractivity contribution is 0.101. The monoisotopic (exact) mass is 318 g/mol. The molecule has 0 aliphatic carbocycles. The van der Waals surface area contributed by atoms with Crippen LogP contribution in [0.1, 0.15) is 39.5 Å². The molecule has 0 fully saturated rings. The molecule has 0 saturated heterocycles. The van der Waals surface area contributed by atoms with Crippen molar-refractivity contribution in [3.05, 3.63) is 39.9 Å². The van der Waals surface area contributed by atoms with Gasteiger partial charge in [-0.2, -0.15) is 0 Å². The van der Waals surface area contributed by atoms with Crippen LogP contribution in [0.25, 0.3) is 0 Å². The number of hydrogen-bond donors (Lipinski definition) is 5. The zero-order valence-electron chi connectivity index (χ0n) is 13.0. The van der Waals surface area contributed by atoms with Crippen molar-refractivity contribution in [2.24, 2.45) is 0 Å². The van der Waals surface area contributed by atoms with Gasteiger partial charge in [0, 0.05) is 23.1 Å². The van der Waals surface area contributed by atoms with E-state index in [1.807, 2.05) is 0 Å². The molecule has 6 heteroatoms. The molecule has 2 aromatic rings. The summed E-state index contributed by atoms with van der Waals surface area (Å²) in [6, 6.07) is 2.91. The summed E-state index contributed by atoms with van der Waals surface area (Å²) in [6.07, 6.45) is -0.210. The standard InChI is InChI=1S/C17H18O6/c1-7-4-5-12(19)10(14(7)20)6-11-15(21)8(2)16(22)13(9(3)18)17(11)23/h4-5,19-23H,6H2,1-3H3. The highest BCUT2D eigenvalue weighted by Crippen LogP contribution is 2.44. The molecule has 0 heterocycles. The zero-order valence-corrected chi connectivity index (χ0v) is 13.0. The Bertz CT molecular complexity index is 808. The maximum atomic E-state index is 11.6. The fourth-order valence-electron chi connectivity index (χ4n) is 2.50. The van der Waals surface area contributed by atoms with Gasteiger partial charge >= 0.3 is 0 Å². The van der Waals surface area contributed by atoms with Crippen LogP contribution >= 0.6 is 0 Å². The van der Waals surface area contributed by atoms with Crippen LogP contribution in [0.5, 0.6) is 28.7 Å².